The Labute approximate surface area is 192 Å². The van der Waals surface area contributed by atoms with Gasteiger partial charge in [-0.15, -0.1) is 0 Å². The minimum Gasteiger partial charge on any atom is -0.497 e. The molecular formula is C27H25N3O3. The molecule has 2 aromatic carbocycles. The van der Waals surface area contributed by atoms with E-state index in [1.54, 1.807) is 31.3 Å². The predicted octanol–water partition coefficient (Wildman–Crippen LogP) is 5.01. The molecule has 2 heterocycles. The fourth-order valence-corrected chi connectivity index (χ4v) is 4.90. The predicted molar refractivity (Wildman–Crippen MR) is 127 cm³/mol. The quantitative estimate of drug-likeness (QED) is 0.621. The van der Waals surface area contributed by atoms with Crippen LogP contribution in [0.25, 0.3) is 0 Å². The van der Waals surface area contributed by atoms with Gasteiger partial charge in [0.1, 0.15) is 5.75 Å². The van der Waals surface area contributed by atoms with E-state index < -0.39 is 6.04 Å². The lowest BCUT2D eigenvalue weighted by Gasteiger charge is -2.34. The molecule has 0 bridgehead atoms. The molecule has 0 fully saturated rings. The summed E-state index contributed by atoms with van der Waals surface area (Å²) in [4.78, 5) is 32.7. The van der Waals surface area contributed by atoms with E-state index in [0.29, 0.717) is 18.4 Å². The Morgan fingerprint density at radius 1 is 1.03 bits per heavy atom. The number of para-hydroxylation sites is 2. The third-order valence-electron chi connectivity index (χ3n) is 6.42. The standard InChI is InChI=1S/C27H25N3O3/c1-17(31)30-24-8-4-3-7-22(24)29-23-14-20(18-9-11-21(33-2)12-10-18)15-25(32)26(23)27(30)19-6-5-13-28-16-19/h3-13,16,20,27,29H,14-15H2,1-2H3/t20-,27-/m0/s1. The van der Waals surface area contributed by atoms with Crippen molar-refractivity contribution in [3.8, 4) is 5.75 Å². The van der Waals surface area contributed by atoms with Crippen LogP contribution in [0.4, 0.5) is 11.4 Å². The number of ketones is 1. The number of hydrogen-bond acceptors (Lipinski definition) is 5. The fraction of sp³-hybridized carbons (Fsp3) is 0.222. The molecule has 1 aliphatic carbocycles. The average Bonchev–Trinajstić information content (AvgIpc) is 2.99. The number of aromatic nitrogens is 1. The third-order valence-corrected chi connectivity index (χ3v) is 6.42. The minimum absolute atomic E-state index is 0.0393. The number of benzene rings is 2. The molecule has 0 saturated heterocycles. The second-order valence-electron chi connectivity index (χ2n) is 8.41. The van der Waals surface area contributed by atoms with Gasteiger partial charge in [-0.1, -0.05) is 30.3 Å². The molecule has 0 saturated carbocycles. The van der Waals surface area contributed by atoms with Gasteiger partial charge in [-0.3, -0.25) is 19.5 Å². The van der Waals surface area contributed by atoms with Crippen LogP contribution < -0.4 is 15.0 Å². The smallest absolute Gasteiger partial charge is 0.224 e. The molecule has 0 spiro atoms. The van der Waals surface area contributed by atoms with Crippen LogP contribution in [0.2, 0.25) is 0 Å². The maximum absolute atomic E-state index is 13.7. The molecule has 1 N–H and O–H groups in total. The van der Waals surface area contributed by atoms with Crippen molar-refractivity contribution < 1.29 is 14.3 Å². The van der Waals surface area contributed by atoms with Gasteiger partial charge in [0, 0.05) is 37.0 Å². The summed E-state index contributed by atoms with van der Waals surface area (Å²) < 4.78 is 5.28. The third kappa shape index (κ3) is 3.78. The number of pyridine rings is 1. The average molecular weight is 440 g/mol. The second kappa shape index (κ2) is 8.54. The zero-order valence-corrected chi connectivity index (χ0v) is 18.6. The number of rotatable bonds is 3. The van der Waals surface area contributed by atoms with Crippen LogP contribution in [-0.2, 0) is 9.59 Å². The lowest BCUT2D eigenvalue weighted by Crippen LogP contribution is -2.37. The molecule has 1 aromatic heterocycles. The number of fused-ring (bicyclic) bond motifs is 1. The highest BCUT2D eigenvalue weighted by Crippen LogP contribution is 2.47. The van der Waals surface area contributed by atoms with Gasteiger partial charge in [0.15, 0.2) is 5.78 Å². The van der Waals surface area contributed by atoms with Crippen LogP contribution in [-0.4, -0.2) is 23.8 Å². The second-order valence-corrected chi connectivity index (χ2v) is 8.41. The molecule has 6 nitrogen and oxygen atoms in total. The first kappa shape index (κ1) is 20.9. The Kier molecular flexibility index (Phi) is 5.42. The number of nitrogens with zero attached hydrogens (tertiary/aromatic N) is 2. The minimum atomic E-state index is -0.535. The Morgan fingerprint density at radius 3 is 2.52 bits per heavy atom. The van der Waals surface area contributed by atoms with Gasteiger partial charge in [-0.05, 0) is 53.8 Å². The van der Waals surface area contributed by atoms with Gasteiger partial charge < -0.3 is 10.1 Å². The summed E-state index contributed by atoms with van der Waals surface area (Å²) in [5, 5.41) is 3.52. The highest BCUT2D eigenvalue weighted by molar-refractivity contribution is 6.05. The number of Topliss-reactive ketones (excluding diaryl/α,β-unsaturated/α-hetero) is 1. The first-order chi connectivity index (χ1) is 16.1. The number of ether oxygens (including phenoxy) is 1. The van der Waals surface area contributed by atoms with Gasteiger partial charge in [0.2, 0.25) is 5.91 Å². The monoisotopic (exact) mass is 439 g/mol. The summed E-state index contributed by atoms with van der Waals surface area (Å²) in [5.41, 5.74) is 4.97. The number of hydrogen-bond donors (Lipinski definition) is 1. The van der Waals surface area contributed by atoms with Crippen molar-refractivity contribution in [3.63, 3.8) is 0 Å². The Morgan fingerprint density at radius 2 is 1.82 bits per heavy atom. The molecule has 1 amide bonds. The highest BCUT2D eigenvalue weighted by Gasteiger charge is 2.40. The van der Waals surface area contributed by atoms with Crippen molar-refractivity contribution in [2.75, 3.05) is 17.3 Å². The largest absolute Gasteiger partial charge is 0.497 e. The summed E-state index contributed by atoms with van der Waals surface area (Å²) in [6.07, 6.45) is 4.49. The summed E-state index contributed by atoms with van der Waals surface area (Å²) in [5.74, 6) is 0.741. The number of amides is 1. The van der Waals surface area contributed by atoms with E-state index in [2.05, 4.69) is 10.3 Å². The van der Waals surface area contributed by atoms with Crippen LogP contribution in [0.15, 0.2) is 84.3 Å². The van der Waals surface area contributed by atoms with Crippen LogP contribution >= 0.6 is 0 Å². The maximum atomic E-state index is 13.7. The van der Waals surface area contributed by atoms with Crippen LogP contribution in [0.3, 0.4) is 0 Å². The Hall–Kier alpha value is -3.93. The molecule has 2 aliphatic rings. The molecule has 3 aromatic rings. The molecule has 166 valence electrons. The molecule has 33 heavy (non-hydrogen) atoms. The molecule has 6 heteroatoms. The van der Waals surface area contributed by atoms with Gasteiger partial charge in [-0.25, -0.2) is 0 Å². The van der Waals surface area contributed by atoms with E-state index in [0.717, 1.165) is 33.9 Å². The summed E-state index contributed by atoms with van der Waals surface area (Å²) >= 11 is 0. The van der Waals surface area contributed by atoms with Crippen molar-refractivity contribution in [1.82, 2.24) is 4.98 Å². The zero-order chi connectivity index (χ0) is 22.9. The van der Waals surface area contributed by atoms with E-state index in [9.17, 15) is 9.59 Å². The number of methoxy groups -OCH3 is 1. The summed E-state index contributed by atoms with van der Waals surface area (Å²) in [6, 6.07) is 18.8. The van der Waals surface area contributed by atoms with Crippen LogP contribution in [0, 0.1) is 0 Å². The molecule has 0 radical (unpaired) electrons. The molecular weight excluding hydrogens is 414 g/mol. The number of carbonyl (C=O) groups is 2. The van der Waals surface area contributed by atoms with Crippen molar-refractivity contribution in [3.05, 3.63) is 95.5 Å². The van der Waals surface area contributed by atoms with Gasteiger partial charge in [0.05, 0.1) is 24.5 Å². The van der Waals surface area contributed by atoms with Gasteiger partial charge in [0.25, 0.3) is 0 Å². The number of allylic oxidation sites excluding steroid dienone is 1. The van der Waals surface area contributed by atoms with E-state index in [-0.39, 0.29) is 17.6 Å². The van der Waals surface area contributed by atoms with Crippen LogP contribution in [0.1, 0.15) is 42.9 Å². The van der Waals surface area contributed by atoms with Crippen molar-refractivity contribution >= 4 is 23.1 Å². The molecule has 2 atom stereocenters. The summed E-state index contributed by atoms with van der Waals surface area (Å²) in [6.45, 7) is 1.54. The SMILES string of the molecule is COc1ccc([C@@H]2CC(=O)C3=C(C2)Nc2ccccc2N(C(C)=O)[C@H]3c2cccnc2)cc1. The molecule has 0 unspecified atom stereocenters. The normalized spacial score (nSPS) is 19.8. The topological polar surface area (TPSA) is 71.5 Å². The fourth-order valence-electron chi connectivity index (χ4n) is 4.90. The first-order valence-corrected chi connectivity index (χ1v) is 11.0. The Balaban J connectivity index is 1.66. The maximum Gasteiger partial charge on any atom is 0.224 e. The van der Waals surface area contributed by atoms with Crippen molar-refractivity contribution in [2.45, 2.75) is 31.7 Å². The Bertz CT molecular complexity index is 1230. The highest BCUT2D eigenvalue weighted by atomic mass is 16.5. The van der Waals surface area contributed by atoms with E-state index in [4.69, 9.17) is 4.74 Å². The van der Waals surface area contributed by atoms with Crippen LogP contribution in [0.5, 0.6) is 5.75 Å². The lowest BCUT2D eigenvalue weighted by molar-refractivity contribution is -0.117. The molecule has 1 aliphatic heterocycles. The molecule has 5 rings (SSSR count). The lowest BCUT2D eigenvalue weighted by atomic mass is 9.78. The van der Waals surface area contributed by atoms with Crippen molar-refractivity contribution in [1.29, 1.82) is 0 Å². The number of anilines is 2. The van der Waals surface area contributed by atoms with Crippen molar-refractivity contribution in [2.24, 2.45) is 0 Å². The van der Waals surface area contributed by atoms with Gasteiger partial charge >= 0.3 is 0 Å². The van der Waals surface area contributed by atoms with E-state index in [1.807, 2.05) is 60.7 Å². The first-order valence-electron chi connectivity index (χ1n) is 11.0. The van der Waals surface area contributed by atoms with E-state index >= 15 is 0 Å². The van der Waals surface area contributed by atoms with Gasteiger partial charge in [-0.2, -0.15) is 0 Å². The van der Waals surface area contributed by atoms with E-state index in [1.165, 1.54) is 0 Å². The number of nitrogens with one attached hydrogen (secondary N) is 1. The number of carbonyl (C=O) groups excluding carboxylic acids is 2. The summed E-state index contributed by atoms with van der Waals surface area (Å²) in [7, 11) is 1.64. The zero-order valence-electron chi connectivity index (χ0n) is 18.6.